The molecule has 2 N–H and O–H groups in total. The highest BCUT2D eigenvalue weighted by Crippen LogP contribution is 2.20. The van der Waals surface area contributed by atoms with Crippen LogP contribution in [0.25, 0.3) is 5.65 Å². The lowest BCUT2D eigenvalue weighted by molar-refractivity contribution is 0.0177. The number of fused-ring (bicyclic) bond motifs is 1. The molecule has 2 unspecified atom stereocenters. The maximum absolute atomic E-state index is 11.2. The molecule has 5 nitrogen and oxygen atoms in total. The highest BCUT2D eigenvalue weighted by Gasteiger charge is 2.22. The highest BCUT2D eigenvalue weighted by atomic mass is 32.2. The first-order valence-electron chi connectivity index (χ1n) is 5.78. The molecule has 0 radical (unpaired) electrons. The Labute approximate surface area is 109 Å². The molecule has 0 aliphatic rings. The molecule has 0 spiro atoms. The van der Waals surface area contributed by atoms with Gasteiger partial charge in [-0.15, -0.1) is 0 Å². The van der Waals surface area contributed by atoms with Crippen molar-refractivity contribution >= 4 is 17.0 Å². The molecule has 0 saturated carbocycles. The van der Waals surface area contributed by atoms with Crippen LogP contribution in [0.4, 0.5) is 0 Å². The van der Waals surface area contributed by atoms with Crippen LogP contribution in [0.5, 0.6) is 0 Å². The smallest absolute Gasteiger partial charge is 0.157 e. The molecule has 0 aliphatic carbocycles. The summed E-state index contributed by atoms with van der Waals surface area (Å²) in [6, 6.07) is 5.76. The molecule has 2 heterocycles. The third-order valence-electron chi connectivity index (χ3n) is 2.46. The Hall–Kier alpha value is -1.08. The maximum Gasteiger partial charge on any atom is 0.157 e. The van der Waals surface area contributed by atoms with Crippen molar-refractivity contribution in [1.82, 2.24) is 9.38 Å². The van der Waals surface area contributed by atoms with E-state index in [0.717, 1.165) is 11.3 Å². The van der Waals surface area contributed by atoms with Crippen molar-refractivity contribution in [2.24, 2.45) is 5.14 Å². The van der Waals surface area contributed by atoms with Gasteiger partial charge in [-0.2, -0.15) is 5.14 Å². The Kier molecular flexibility index (Phi) is 4.23. The van der Waals surface area contributed by atoms with Crippen LogP contribution in [0.2, 0.25) is 0 Å². The van der Waals surface area contributed by atoms with Crippen LogP contribution >= 0.6 is 0 Å². The number of nitrogens with two attached hydrogens (primary N) is 1. The van der Waals surface area contributed by atoms with Gasteiger partial charge in [-0.05, 0) is 26.0 Å². The van der Waals surface area contributed by atoms with Gasteiger partial charge in [-0.25, -0.2) is 4.98 Å². The quantitative estimate of drug-likeness (QED) is 0.831. The largest absolute Gasteiger partial charge is 0.598 e. The van der Waals surface area contributed by atoms with Crippen LogP contribution in [0, 0.1) is 0 Å². The van der Waals surface area contributed by atoms with Crippen LogP contribution in [-0.4, -0.2) is 25.8 Å². The van der Waals surface area contributed by atoms with Crippen molar-refractivity contribution in [2.75, 3.05) is 5.75 Å². The molecule has 0 aromatic carbocycles. The fourth-order valence-electron chi connectivity index (χ4n) is 1.78. The van der Waals surface area contributed by atoms with Crippen LogP contribution in [-0.2, 0) is 16.1 Å². The average molecular weight is 267 g/mol. The molecule has 2 aromatic rings. The lowest BCUT2D eigenvalue weighted by atomic mass is 10.3. The second-order valence-electron chi connectivity index (χ2n) is 4.35. The zero-order chi connectivity index (χ0) is 13.1. The summed E-state index contributed by atoms with van der Waals surface area (Å²) >= 11 is -1.41. The number of hydrogen-bond acceptors (Lipinski definition) is 4. The van der Waals surface area contributed by atoms with Crippen molar-refractivity contribution < 1.29 is 9.29 Å². The summed E-state index contributed by atoms with van der Waals surface area (Å²) in [7, 11) is 0. The van der Waals surface area contributed by atoms with Gasteiger partial charge in [-0.1, -0.05) is 6.07 Å². The van der Waals surface area contributed by atoms with Crippen LogP contribution < -0.4 is 5.14 Å². The summed E-state index contributed by atoms with van der Waals surface area (Å²) in [4.78, 5) is 4.47. The zero-order valence-corrected chi connectivity index (χ0v) is 11.3. The average Bonchev–Trinajstić information content (AvgIpc) is 2.70. The van der Waals surface area contributed by atoms with Gasteiger partial charge in [0.25, 0.3) is 0 Å². The summed E-state index contributed by atoms with van der Waals surface area (Å²) in [5.41, 5.74) is 1.60. The van der Waals surface area contributed by atoms with E-state index in [1.54, 1.807) is 0 Å². The van der Waals surface area contributed by atoms with Crippen LogP contribution in [0.3, 0.4) is 0 Å². The normalized spacial score (nSPS) is 15.2. The molecule has 6 heteroatoms. The molecule has 0 aliphatic heterocycles. The molecule has 0 fully saturated rings. The summed E-state index contributed by atoms with van der Waals surface area (Å²) in [5.74, 6) is 0.252. The summed E-state index contributed by atoms with van der Waals surface area (Å²) < 4.78 is 18.8. The van der Waals surface area contributed by atoms with Crippen molar-refractivity contribution in [3.63, 3.8) is 0 Å². The number of imidazole rings is 1. The van der Waals surface area contributed by atoms with E-state index < -0.39 is 11.4 Å². The summed E-state index contributed by atoms with van der Waals surface area (Å²) in [5, 5.41) is 5.36. The van der Waals surface area contributed by atoms with Gasteiger partial charge < -0.3 is 13.7 Å². The predicted molar refractivity (Wildman–Crippen MR) is 71.4 cm³/mol. The fraction of sp³-hybridized carbons (Fsp3) is 0.417. The Bertz CT molecular complexity index is 470. The van der Waals surface area contributed by atoms with Crippen molar-refractivity contribution in [2.45, 2.75) is 26.1 Å². The lowest BCUT2D eigenvalue weighted by Crippen LogP contribution is -2.25. The van der Waals surface area contributed by atoms with Gasteiger partial charge >= 0.3 is 0 Å². The van der Waals surface area contributed by atoms with Gasteiger partial charge in [0.1, 0.15) is 11.8 Å². The molecule has 18 heavy (non-hydrogen) atoms. The van der Waals surface area contributed by atoms with Gasteiger partial charge in [0.05, 0.1) is 11.8 Å². The predicted octanol–water partition coefficient (Wildman–Crippen LogP) is 1.42. The van der Waals surface area contributed by atoms with E-state index in [1.807, 2.05) is 48.8 Å². The minimum atomic E-state index is -1.41. The summed E-state index contributed by atoms with van der Waals surface area (Å²) in [6.45, 7) is 3.87. The number of pyridine rings is 1. The molecule has 2 aromatic heterocycles. The van der Waals surface area contributed by atoms with Gasteiger partial charge in [0.15, 0.2) is 5.75 Å². The van der Waals surface area contributed by atoms with Crippen LogP contribution in [0.1, 0.15) is 25.6 Å². The molecular weight excluding hydrogens is 250 g/mol. The number of rotatable bonds is 5. The van der Waals surface area contributed by atoms with Gasteiger partial charge in [0.2, 0.25) is 0 Å². The Morgan fingerprint density at radius 3 is 2.89 bits per heavy atom. The van der Waals surface area contributed by atoms with Crippen molar-refractivity contribution in [1.29, 1.82) is 0 Å². The monoisotopic (exact) mass is 267 g/mol. The number of hydrogen-bond donors (Lipinski definition) is 1. The maximum atomic E-state index is 11.2. The third-order valence-corrected chi connectivity index (χ3v) is 3.10. The highest BCUT2D eigenvalue weighted by molar-refractivity contribution is 7.89. The molecule has 2 atom stereocenters. The van der Waals surface area contributed by atoms with Crippen molar-refractivity contribution in [3.8, 4) is 0 Å². The van der Waals surface area contributed by atoms with E-state index >= 15 is 0 Å². The molecule has 98 valence electrons. The molecule has 2 rings (SSSR count). The Balaban J connectivity index is 2.28. The van der Waals surface area contributed by atoms with E-state index in [-0.39, 0.29) is 18.0 Å². The van der Waals surface area contributed by atoms with Gasteiger partial charge in [0, 0.05) is 23.8 Å². The first kappa shape index (κ1) is 13.4. The minimum absolute atomic E-state index is 0.0309. The second-order valence-corrected chi connectivity index (χ2v) is 5.45. The van der Waals surface area contributed by atoms with Crippen LogP contribution in [0.15, 0.2) is 30.6 Å². The van der Waals surface area contributed by atoms with E-state index in [0.29, 0.717) is 0 Å². The lowest BCUT2D eigenvalue weighted by Gasteiger charge is -2.17. The van der Waals surface area contributed by atoms with E-state index in [2.05, 4.69) is 4.98 Å². The van der Waals surface area contributed by atoms with E-state index in [4.69, 9.17) is 9.88 Å². The molecular formula is C12H17N3O2S. The fourth-order valence-corrected chi connectivity index (χ4v) is 2.33. The Morgan fingerprint density at radius 1 is 1.50 bits per heavy atom. The SMILES string of the molecule is CC(C)OC(C[S+](N)[O-])c1cn2ccccc2n1. The molecule has 0 saturated heterocycles. The topological polar surface area (TPSA) is 75.6 Å². The Morgan fingerprint density at radius 2 is 2.28 bits per heavy atom. The molecule has 0 amide bonds. The zero-order valence-electron chi connectivity index (χ0n) is 10.4. The van der Waals surface area contributed by atoms with Crippen molar-refractivity contribution in [3.05, 3.63) is 36.3 Å². The van der Waals surface area contributed by atoms with E-state index in [1.165, 1.54) is 0 Å². The van der Waals surface area contributed by atoms with Gasteiger partial charge in [-0.3, -0.25) is 0 Å². The molecule has 0 bridgehead atoms. The number of aromatic nitrogens is 2. The van der Waals surface area contributed by atoms with E-state index in [9.17, 15) is 4.55 Å². The summed E-state index contributed by atoms with van der Waals surface area (Å²) in [6.07, 6.45) is 3.49. The number of ether oxygens (including phenoxy) is 1. The first-order valence-corrected chi connectivity index (χ1v) is 7.16. The third kappa shape index (κ3) is 3.23. The standard InChI is InChI=1S/C12H17N3O2S/c1-9(2)17-11(8-18(13)16)10-7-15-6-4-3-5-12(15)14-10/h3-7,9,11H,8,13H2,1-2H3. The minimum Gasteiger partial charge on any atom is -0.598 e. The second kappa shape index (κ2) is 5.71. The first-order chi connectivity index (χ1) is 8.56. The number of nitrogens with zero attached hydrogens (tertiary/aromatic N) is 2.